The second-order valence-electron chi connectivity index (χ2n) is 2.77. The molecule has 0 aliphatic heterocycles. The maximum atomic E-state index is 9.54. The maximum Gasteiger partial charge on any atom is 0.133 e. The molecule has 1 rings (SSSR count). The summed E-state index contributed by atoms with van der Waals surface area (Å²) in [6, 6.07) is 3.06. The Balaban J connectivity index is 3.25. The van der Waals surface area contributed by atoms with Crippen molar-refractivity contribution in [2.75, 3.05) is 13.7 Å². The van der Waals surface area contributed by atoms with Crippen molar-refractivity contribution in [3.63, 3.8) is 0 Å². The van der Waals surface area contributed by atoms with Gasteiger partial charge < -0.3 is 20.7 Å². The van der Waals surface area contributed by atoms with Gasteiger partial charge in [0.1, 0.15) is 11.5 Å². The van der Waals surface area contributed by atoms with Crippen molar-refractivity contribution in [2.24, 2.45) is 5.73 Å². The number of halogens is 1. The molecule has 1 unspecified atom stereocenters. The van der Waals surface area contributed by atoms with Crippen LogP contribution in [0.15, 0.2) is 16.6 Å². The van der Waals surface area contributed by atoms with Crippen molar-refractivity contribution in [3.8, 4) is 11.5 Å². The summed E-state index contributed by atoms with van der Waals surface area (Å²) in [6.07, 6.45) is -0.903. The molecule has 0 spiro atoms. The number of rotatable bonds is 3. The van der Waals surface area contributed by atoms with Gasteiger partial charge in [-0.25, -0.2) is 0 Å². The quantitative estimate of drug-likeness (QED) is 0.763. The van der Waals surface area contributed by atoms with Crippen LogP contribution in [0.3, 0.4) is 0 Å². The normalized spacial score (nSPS) is 12.6. The van der Waals surface area contributed by atoms with Gasteiger partial charge in [-0.2, -0.15) is 0 Å². The molecule has 0 radical (unpaired) electrons. The number of phenols is 1. The van der Waals surface area contributed by atoms with Crippen LogP contribution >= 0.6 is 15.9 Å². The van der Waals surface area contributed by atoms with Crippen molar-refractivity contribution in [2.45, 2.75) is 6.10 Å². The highest BCUT2D eigenvalue weighted by Crippen LogP contribution is 2.37. The van der Waals surface area contributed by atoms with Crippen molar-refractivity contribution in [1.29, 1.82) is 0 Å². The summed E-state index contributed by atoms with van der Waals surface area (Å²) in [5.74, 6) is 0.543. The van der Waals surface area contributed by atoms with Crippen LogP contribution in [0.4, 0.5) is 0 Å². The van der Waals surface area contributed by atoms with E-state index in [-0.39, 0.29) is 12.3 Å². The molecule has 0 aromatic heterocycles. The van der Waals surface area contributed by atoms with Gasteiger partial charge in [-0.3, -0.25) is 0 Å². The van der Waals surface area contributed by atoms with E-state index in [2.05, 4.69) is 15.9 Å². The van der Waals surface area contributed by atoms with E-state index in [0.29, 0.717) is 15.8 Å². The van der Waals surface area contributed by atoms with Gasteiger partial charge in [-0.1, -0.05) is 0 Å². The molecule has 4 nitrogen and oxygen atoms in total. The van der Waals surface area contributed by atoms with E-state index in [4.69, 9.17) is 10.5 Å². The van der Waals surface area contributed by atoms with E-state index < -0.39 is 6.10 Å². The third kappa shape index (κ3) is 2.00. The average molecular weight is 262 g/mol. The minimum Gasteiger partial charge on any atom is -0.508 e. The predicted molar refractivity (Wildman–Crippen MR) is 56.4 cm³/mol. The minimum atomic E-state index is -0.903. The molecular weight excluding hydrogens is 250 g/mol. The molecule has 0 aliphatic rings. The Morgan fingerprint density at radius 3 is 2.71 bits per heavy atom. The Labute approximate surface area is 90.4 Å². The first kappa shape index (κ1) is 11.3. The fourth-order valence-corrected chi connectivity index (χ4v) is 1.92. The molecular formula is C9H12BrNO3. The molecule has 0 amide bonds. The van der Waals surface area contributed by atoms with Crippen LogP contribution in [0, 0.1) is 0 Å². The van der Waals surface area contributed by atoms with Crippen LogP contribution in [0.2, 0.25) is 0 Å². The lowest BCUT2D eigenvalue weighted by Crippen LogP contribution is -2.12. The number of aliphatic hydroxyl groups is 1. The molecule has 14 heavy (non-hydrogen) atoms. The predicted octanol–water partition coefficient (Wildman–Crippen LogP) is 1.16. The number of benzene rings is 1. The summed E-state index contributed by atoms with van der Waals surface area (Å²) in [5, 5.41) is 19.1. The molecule has 0 saturated carbocycles. The molecule has 0 saturated heterocycles. The highest BCUT2D eigenvalue weighted by Gasteiger charge is 2.17. The monoisotopic (exact) mass is 261 g/mol. The van der Waals surface area contributed by atoms with Crippen LogP contribution < -0.4 is 10.5 Å². The minimum absolute atomic E-state index is 0.00405. The van der Waals surface area contributed by atoms with Crippen LogP contribution in [0.25, 0.3) is 0 Å². The topological polar surface area (TPSA) is 75.7 Å². The Kier molecular flexibility index (Phi) is 3.74. The van der Waals surface area contributed by atoms with Crippen LogP contribution in [0.1, 0.15) is 11.7 Å². The summed E-state index contributed by atoms with van der Waals surface area (Å²) < 4.78 is 5.55. The zero-order valence-electron chi connectivity index (χ0n) is 7.70. The van der Waals surface area contributed by atoms with Gasteiger partial charge in [-0.15, -0.1) is 0 Å². The summed E-state index contributed by atoms with van der Waals surface area (Å²) in [4.78, 5) is 0. The molecule has 1 aromatic rings. The summed E-state index contributed by atoms with van der Waals surface area (Å²) in [5.41, 5.74) is 5.66. The highest BCUT2D eigenvalue weighted by atomic mass is 79.9. The molecule has 0 fully saturated rings. The van der Waals surface area contributed by atoms with E-state index in [9.17, 15) is 10.2 Å². The van der Waals surface area contributed by atoms with Crippen LogP contribution in [-0.2, 0) is 0 Å². The Hall–Kier alpha value is -0.780. The Morgan fingerprint density at radius 2 is 2.21 bits per heavy atom. The van der Waals surface area contributed by atoms with Crippen molar-refractivity contribution in [1.82, 2.24) is 0 Å². The SMILES string of the molecule is COc1ccc(O)c(C(O)CN)c1Br. The van der Waals surface area contributed by atoms with Gasteiger partial charge in [-0.05, 0) is 28.1 Å². The maximum absolute atomic E-state index is 9.54. The molecule has 5 heteroatoms. The van der Waals surface area contributed by atoms with Crippen molar-refractivity contribution >= 4 is 15.9 Å². The Morgan fingerprint density at radius 1 is 1.57 bits per heavy atom. The molecule has 0 heterocycles. The first-order valence-corrected chi connectivity index (χ1v) is 4.84. The van der Waals surface area contributed by atoms with Crippen molar-refractivity contribution in [3.05, 3.63) is 22.2 Å². The zero-order valence-corrected chi connectivity index (χ0v) is 9.28. The lowest BCUT2D eigenvalue weighted by atomic mass is 10.1. The van der Waals surface area contributed by atoms with E-state index in [1.807, 2.05) is 0 Å². The Bertz CT molecular complexity index is 330. The molecule has 0 bridgehead atoms. The summed E-state index contributed by atoms with van der Waals surface area (Å²) >= 11 is 3.23. The van der Waals surface area contributed by atoms with Gasteiger partial charge in [0, 0.05) is 12.1 Å². The number of aliphatic hydroxyl groups excluding tert-OH is 1. The van der Waals surface area contributed by atoms with Gasteiger partial charge in [0.25, 0.3) is 0 Å². The van der Waals surface area contributed by atoms with E-state index in [1.54, 1.807) is 6.07 Å². The smallest absolute Gasteiger partial charge is 0.133 e. The molecule has 78 valence electrons. The molecule has 1 aromatic carbocycles. The van der Waals surface area contributed by atoms with Gasteiger partial charge in [0.2, 0.25) is 0 Å². The second-order valence-corrected chi connectivity index (χ2v) is 3.56. The van der Waals surface area contributed by atoms with Crippen molar-refractivity contribution < 1.29 is 14.9 Å². The second kappa shape index (κ2) is 4.63. The zero-order chi connectivity index (χ0) is 10.7. The first-order chi connectivity index (χ1) is 6.61. The highest BCUT2D eigenvalue weighted by molar-refractivity contribution is 9.10. The number of hydrogen-bond donors (Lipinski definition) is 3. The lowest BCUT2D eigenvalue weighted by molar-refractivity contribution is 0.181. The van der Waals surface area contributed by atoms with Gasteiger partial charge in [0.15, 0.2) is 0 Å². The fraction of sp³-hybridized carbons (Fsp3) is 0.333. The average Bonchev–Trinajstić information content (AvgIpc) is 2.18. The first-order valence-electron chi connectivity index (χ1n) is 4.05. The molecule has 0 aliphatic carbocycles. The van der Waals surface area contributed by atoms with Crippen LogP contribution in [0.5, 0.6) is 11.5 Å². The fourth-order valence-electron chi connectivity index (χ4n) is 1.16. The number of hydrogen-bond acceptors (Lipinski definition) is 4. The van der Waals surface area contributed by atoms with Gasteiger partial charge >= 0.3 is 0 Å². The summed E-state index contributed by atoms with van der Waals surface area (Å²) in [6.45, 7) is 0.0410. The van der Waals surface area contributed by atoms with Gasteiger partial charge in [0.05, 0.1) is 17.7 Å². The number of ether oxygens (including phenoxy) is 1. The van der Waals surface area contributed by atoms with E-state index >= 15 is 0 Å². The third-order valence-corrected chi connectivity index (χ3v) is 2.72. The van der Waals surface area contributed by atoms with E-state index in [0.717, 1.165) is 0 Å². The molecule has 1 atom stereocenters. The largest absolute Gasteiger partial charge is 0.508 e. The lowest BCUT2D eigenvalue weighted by Gasteiger charge is -2.14. The number of nitrogens with two attached hydrogens (primary N) is 1. The summed E-state index contributed by atoms with van der Waals surface area (Å²) in [7, 11) is 1.51. The number of aromatic hydroxyl groups is 1. The van der Waals surface area contributed by atoms with Crippen LogP contribution in [-0.4, -0.2) is 23.9 Å². The number of methoxy groups -OCH3 is 1. The third-order valence-electron chi connectivity index (χ3n) is 1.90. The standard InChI is InChI=1S/C9H12BrNO3/c1-14-7-3-2-5(12)8(9(7)10)6(13)4-11/h2-3,6,12-13H,4,11H2,1H3. The van der Waals surface area contributed by atoms with E-state index in [1.165, 1.54) is 13.2 Å². The number of phenolic OH excluding ortho intramolecular Hbond substituents is 1. The molecule has 4 N–H and O–H groups in total.